The number of hydrogen-bond acceptors (Lipinski definition) is 7. The van der Waals surface area contributed by atoms with Gasteiger partial charge in [0.2, 0.25) is 11.7 Å². The largest absolute Gasteiger partial charge is 0.493 e. The van der Waals surface area contributed by atoms with Crippen LogP contribution in [-0.2, 0) is 16.1 Å². The first-order valence-electron chi connectivity index (χ1n) is 8.39. The van der Waals surface area contributed by atoms with Gasteiger partial charge >= 0.3 is 5.97 Å². The van der Waals surface area contributed by atoms with E-state index in [1.165, 1.54) is 31.4 Å². The lowest BCUT2D eigenvalue weighted by molar-refractivity contribution is -0.119. The van der Waals surface area contributed by atoms with E-state index in [-0.39, 0.29) is 23.9 Å². The Balaban J connectivity index is 2.01. The molecule has 150 valence electrons. The van der Waals surface area contributed by atoms with Gasteiger partial charge in [-0.2, -0.15) is 0 Å². The van der Waals surface area contributed by atoms with Crippen molar-refractivity contribution in [2.45, 2.75) is 20.4 Å². The van der Waals surface area contributed by atoms with Gasteiger partial charge in [-0.15, -0.1) is 11.3 Å². The second-order valence-corrected chi connectivity index (χ2v) is 7.62. The maximum absolute atomic E-state index is 12.3. The average molecular weight is 470 g/mol. The highest BCUT2D eigenvalue weighted by Gasteiger charge is 2.18. The molecule has 2 rings (SSSR count). The van der Waals surface area contributed by atoms with Gasteiger partial charge in [-0.3, -0.25) is 9.59 Å². The molecule has 7 nitrogen and oxygen atoms in total. The summed E-state index contributed by atoms with van der Waals surface area (Å²) in [6, 6.07) is 6.45. The lowest BCUT2D eigenvalue weighted by atomic mass is 10.2. The Morgan fingerprint density at radius 1 is 1.21 bits per heavy atom. The van der Waals surface area contributed by atoms with Gasteiger partial charge < -0.3 is 19.5 Å². The number of thiophene rings is 1. The third-order valence-corrected chi connectivity index (χ3v) is 5.25. The Labute approximate surface area is 175 Å². The van der Waals surface area contributed by atoms with E-state index in [4.69, 9.17) is 14.2 Å². The molecular formula is C19H20BrNO6S. The van der Waals surface area contributed by atoms with Crippen LogP contribution in [-0.4, -0.2) is 38.0 Å². The third kappa shape index (κ3) is 5.80. The molecule has 0 atom stereocenters. The van der Waals surface area contributed by atoms with Crippen LogP contribution in [0.15, 0.2) is 28.7 Å². The van der Waals surface area contributed by atoms with E-state index in [0.717, 1.165) is 4.88 Å². The number of carbonyl (C=O) groups is 3. The summed E-state index contributed by atoms with van der Waals surface area (Å²) < 4.78 is 16.4. The average Bonchev–Trinajstić information content (AvgIpc) is 3.14. The maximum Gasteiger partial charge on any atom is 0.338 e. The molecule has 1 heterocycles. The first-order chi connectivity index (χ1) is 13.3. The van der Waals surface area contributed by atoms with Crippen LogP contribution in [0.2, 0.25) is 0 Å². The van der Waals surface area contributed by atoms with Crippen LogP contribution in [0.5, 0.6) is 11.5 Å². The molecule has 0 radical (unpaired) electrons. The Hall–Kier alpha value is -2.39. The van der Waals surface area contributed by atoms with E-state index < -0.39 is 5.97 Å². The Morgan fingerprint density at radius 2 is 1.96 bits per heavy atom. The maximum atomic E-state index is 12.3. The predicted octanol–water partition coefficient (Wildman–Crippen LogP) is 3.59. The summed E-state index contributed by atoms with van der Waals surface area (Å²) in [5.74, 6) is -0.236. The number of ketones is 1. The molecule has 0 bridgehead atoms. The quantitative estimate of drug-likeness (QED) is 0.445. The molecule has 2 aromatic rings. The van der Waals surface area contributed by atoms with Gasteiger partial charge in [0.15, 0.2) is 18.1 Å². The zero-order valence-electron chi connectivity index (χ0n) is 15.7. The molecule has 1 amide bonds. The van der Waals surface area contributed by atoms with Gasteiger partial charge in [-0.05, 0) is 47.1 Å². The van der Waals surface area contributed by atoms with Crippen molar-refractivity contribution in [2.75, 3.05) is 20.3 Å². The molecule has 28 heavy (non-hydrogen) atoms. The first-order valence-corrected chi connectivity index (χ1v) is 10.0. The normalized spacial score (nSPS) is 10.3. The van der Waals surface area contributed by atoms with Gasteiger partial charge in [-0.1, -0.05) is 0 Å². The van der Waals surface area contributed by atoms with Crippen molar-refractivity contribution in [3.8, 4) is 11.5 Å². The molecule has 0 aliphatic carbocycles. The van der Waals surface area contributed by atoms with Gasteiger partial charge in [0, 0.05) is 11.8 Å². The van der Waals surface area contributed by atoms with Gasteiger partial charge in [0.25, 0.3) is 0 Å². The van der Waals surface area contributed by atoms with E-state index >= 15 is 0 Å². The van der Waals surface area contributed by atoms with E-state index in [9.17, 15) is 14.4 Å². The van der Waals surface area contributed by atoms with Crippen molar-refractivity contribution >= 4 is 44.9 Å². The molecule has 0 aliphatic rings. The van der Waals surface area contributed by atoms with E-state index in [0.29, 0.717) is 34.0 Å². The zero-order chi connectivity index (χ0) is 20.7. The predicted molar refractivity (Wildman–Crippen MR) is 108 cm³/mol. The number of Topliss-reactive ketones (excluding diaryl/α,β-unsaturated/α-hetero) is 1. The molecule has 0 spiro atoms. The molecule has 0 aliphatic heterocycles. The van der Waals surface area contributed by atoms with Gasteiger partial charge in [0.05, 0.1) is 35.2 Å². The number of carbonyl (C=O) groups excluding carboxylic acids is 3. The second-order valence-electron chi connectivity index (χ2n) is 5.60. The van der Waals surface area contributed by atoms with E-state index in [2.05, 4.69) is 21.2 Å². The number of halogens is 1. The molecule has 1 aromatic heterocycles. The van der Waals surface area contributed by atoms with Gasteiger partial charge in [-0.25, -0.2) is 4.79 Å². The summed E-state index contributed by atoms with van der Waals surface area (Å²) in [5.41, 5.74) is 0.234. The molecule has 1 N–H and O–H groups in total. The molecule has 0 unspecified atom stereocenters. The monoisotopic (exact) mass is 469 g/mol. The van der Waals surface area contributed by atoms with E-state index in [1.54, 1.807) is 18.2 Å². The minimum Gasteiger partial charge on any atom is -0.493 e. The highest BCUT2D eigenvalue weighted by molar-refractivity contribution is 9.10. The molecular weight excluding hydrogens is 450 g/mol. The Kier molecular flexibility index (Phi) is 8.01. The molecule has 0 saturated heterocycles. The summed E-state index contributed by atoms with van der Waals surface area (Å²) in [5, 5.41) is 2.66. The Bertz CT molecular complexity index is 879. The second kappa shape index (κ2) is 10.2. The summed E-state index contributed by atoms with van der Waals surface area (Å²) in [4.78, 5) is 36.8. The summed E-state index contributed by atoms with van der Waals surface area (Å²) in [6.45, 7) is 3.68. The van der Waals surface area contributed by atoms with Crippen LogP contribution in [0.25, 0.3) is 0 Å². The highest BCUT2D eigenvalue weighted by atomic mass is 79.9. The Morgan fingerprint density at radius 3 is 2.61 bits per heavy atom. The SMILES string of the molecule is CCOc1c(Br)cc(C(=O)OCC(=O)c2ccc(CNC(C)=O)s2)cc1OC. The highest BCUT2D eigenvalue weighted by Crippen LogP contribution is 2.36. The number of rotatable bonds is 9. The number of hydrogen-bond donors (Lipinski definition) is 1. The van der Waals surface area contributed by atoms with Crippen molar-refractivity contribution in [1.82, 2.24) is 5.32 Å². The van der Waals surface area contributed by atoms with Crippen LogP contribution < -0.4 is 14.8 Å². The fraction of sp³-hybridized carbons (Fsp3) is 0.316. The van der Waals surface area contributed by atoms with Crippen LogP contribution in [0, 0.1) is 0 Å². The summed E-state index contributed by atoms with van der Waals surface area (Å²) in [6.07, 6.45) is 0. The minimum absolute atomic E-state index is 0.146. The smallest absolute Gasteiger partial charge is 0.338 e. The van der Waals surface area contributed by atoms with Crippen LogP contribution in [0.3, 0.4) is 0 Å². The molecule has 9 heteroatoms. The molecule has 1 aromatic carbocycles. The first kappa shape index (κ1) is 21.9. The van der Waals surface area contributed by atoms with E-state index in [1.807, 2.05) is 6.92 Å². The summed E-state index contributed by atoms with van der Waals surface area (Å²) in [7, 11) is 1.47. The number of amides is 1. The lowest BCUT2D eigenvalue weighted by Crippen LogP contribution is -2.18. The summed E-state index contributed by atoms with van der Waals surface area (Å²) >= 11 is 4.59. The van der Waals surface area contributed by atoms with Crippen LogP contribution in [0.1, 0.15) is 38.8 Å². The van der Waals surface area contributed by atoms with Gasteiger partial charge in [0.1, 0.15) is 0 Å². The van der Waals surface area contributed by atoms with Crippen LogP contribution >= 0.6 is 27.3 Å². The number of methoxy groups -OCH3 is 1. The van der Waals surface area contributed by atoms with Crippen molar-refractivity contribution < 1.29 is 28.6 Å². The number of nitrogens with one attached hydrogen (secondary N) is 1. The number of ether oxygens (including phenoxy) is 3. The third-order valence-electron chi connectivity index (χ3n) is 3.54. The lowest BCUT2D eigenvalue weighted by Gasteiger charge is -2.13. The van der Waals surface area contributed by atoms with Crippen LogP contribution in [0.4, 0.5) is 0 Å². The minimum atomic E-state index is -0.648. The van der Waals surface area contributed by atoms with Crippen molar-refractivity contribution in [3.63, 3.8) is 0 Å². The standard InChI is InChI=1S/C19H20BrNO6S/c1-4-26-18-14(20)7-12(8-16(18)25-3)19(24)27-10-15(23)17-6-5-13(28-17)9-21-11(2)22/h5-8H,4,9-10H2,1-3H3,(H,21,22). The topological polar surface area (TPSA) is 90.9 Å². The van der Waals surface area contributed by atoms with Crippen molar-refractivity contribution in [3.05, 3.63) is 44.1 Å². The fourth-order valence-corrected chi connectivity index (χ4v) is 3.67. The fourth-order valence-electron chi connectivity index (χ4n) is 2.24. The number of benzene rings is 1. The van der Waals surface area contributed by atoms with Crippen molar-refractivity contribution in [2.24, 2.45) is 0 Å². The molecule has 0 saturated carbocycles. The van der Waals surface area contributed by atoms with Crippen molar-refractivity contribution in [1.29, 1.82) is 0 Å². The number of esters is 1. The molecule has 0 fully saturated rings. The zero-order valence-corrected chi connectivity index (χ0v) is 18.1.